The Morgan fingerprint density at radius 1 is 1.22 bits per heavy atom. The third kappa shape index (κ3) is 3.24. The maximum Gasteiger partial charge on any atom is 0.274 e. The van der Waals surface area contributed by atoms with E-state index in [-0.39, 0.29) is 10.8 Å². The van der Waals surface area contributed by atoms with Crippen molar-refractivity contribution >= 4 is 15.9 Å². The number of rotatable bonds is 3. The van der Waals surface area contributed by atoms with Crippen molar-refractivity contribution in [2.24, 2.45) is 0 Å². The van der Waals surface area contributed by atoms with Gasteiger partial charge in [0, 0.05) is 44.8 Å². The van der Waals surface area contributed by atoms with Crippen LogP contribution in [0, 0.1) is 0 Å². The molecule has 4 heterocycles. The molecule has 1 amide bonds. The van der Waals surface area contributed by atoms with Crippen LogP contribution in [0.1, 0.15) is 29.3 Å². The second-order valence-corrected chi connectivity index (χ2v) is 8.45. The zero-order valence-corrected chi connectivity index (χ0v) is 15.8. The smallest absolute Gasteiger partial charge is 0.274 e. The standard InChI is InChI=1S/C17H21N5O4S/c1-13-16-19-15(17(23)20-7-9-26-10-8-20)12-21(16)5-6-22(13)27(24,25)14-3-2-4-18-11-14/h2-4,11-13H,5-10H2,1H3/t13-/m0/s1. The van der Waals surface area contributed by atoms with Gasteiger partial charge in [0.15, 0.2) is 0 Å². The third-order valence-corrected chi connectivity index (χ3v) is 6.89. The number of aromatic nitrogens is 3. The molecule has 0 bridgehead atoms. The number of hydrogen-bond acceptors (Lipinski definition) is 6. The predicted octanol–water partition coefficient (Wildman–Crippen LogP) is 0.516. The highest BCUT2D eigenvalue weighted by Crippen LogP contribution is 2.30. The van der Waals surface area contributed by atoms with E-state index in [1.165, 1.54) is 22.8 Å². The summed E-state index contributed by atoms with van der Waals surface area (Å²) in [6, 6.07) is 2.65. The Kier molecular flexibility index (Phi) is 4.70. The van der Waals surface area contributed by atoms with Crippen molar-refractivity contribution in [1.82, 2.24) is 23.7 Å². The molecule has 27 heavy (non-hydrogen) atoms. The van der Waals surface area contributed by atoms with Crippen molar-refractivity contribution in [3.05, 3.63) is 42.2 Å². The molecule has 1 atom stereocenters. The third-order valence-electron chi connectivity index (χ3n) is 4.93. The number of amides is 1. The van der Waals surface area contributed by atoms with Crippen molar-refractivity contribution in [2.75, 3.05) is 32.8 Å². The summed E-state index contributed by atoms with van der Waals surface area (Å²) in [7, 11) is -3.68. The van der Waals surface area contributed by atoms with Crippen LogP contribution >= 0.6 is 0 Å². The normalized spacial score (nSPS) is 21.1. The minimum absolute atomic E-state index is 0.144. The van der Waals surface area contributed by atoms with E-state index in [1.807, 2.05) is 4.57 Å². The fraction of sp³-hybridized carbons (Fsp3) is 0.471. The van der Waals surface area contributed by atoms with Crippen LogP contribution in [-0.2, 0) is 21.3 Å². The molecule has 9 nitrogen and oxygen atoms in total. The molecule has 2 aliphatic heterocycles. The fourth-order valence-corrected chi connectivity index (χ4v) is 5.01. The molecular weight excluding hydrogens is 370 g/mol. The first-order valence-corrected chi connectivity index (χ1v) is 10.3. The first-order valence-electron chi connectivity index (χ1n) is 8.84. The van der Waals surface area contributed by atoms with Crippen LogP contribution in [0.2, 0.25) is 0 Å². The molecule has 0 radical (unpaired) electrons. The van der Waals surface area contributed by atoms with Crippen LogP contribution in [0.4, 0.5) is 0 Å². The minimum atomic E-state index is -3.68. The number of carbonyl (C=O) groups is 1. The summed E-state index contributed by atoms with van der Waals surface area (Å²) in [5, 5.41) is 0. The van der Waals surface area contributed by atoms with Gasteiger partial charge >= 0.3 is 0 Å². The number of hydrogen-bond donors (Lipinski definition) is 0. The molecular formula is C17H21N5O4S. The van der Waals surface area contributed by atoms with E-state index in [0.717, 1.165) is 0 Å². The molecule has 0 aliphatic carbocycles. The van der Waals surface area contributed by atoms with Crippen molar-refractivity contribution in [3.63, 3.8) is 0 Å². The molecule has 0 aromatic carbocycles. The van der Waals surface area contributed by atoms with Gasteiger partial charge in [0.25, 0.3) is 5.91 Å². The predicted molar refractivity (Wildman–Crippen MR) is 95.5 cm³/mol. The second-order valence-electron chi connectivity index (χ2n) is 6.56. The van der Waals surface area contributed by atoms with Crippen LogP contribution in [0.5, 0.6) is 0 Å². The van der Waals surface area contributed by atoms with Gasteiger partial charge in [-0.25, -0.2) is 13.4 Å². The summed E-state index contributed by atoms with van der Waals surface area (Å²) in [4.78, 5) is 22.9. The highest BCUT2D eigenvalue weighted by atomic mass is 32.2. The quantitative estimate of drug-likeness (QED) is 0.756. The molecule has 2 aliphatic rings. The molecule has 0 spiro atoms. The number of morpholine rings is 1. The van der Waals surface area contributed by atoms with Crippen molar-refractivity contribution in [3.8, 4) is 0 Å². The summed E-state index contributed by atoms with van der Waals surface area (Å²) in [5.74, 6) is 0.430. The van der Waals surface area contributed by atoms with Gasteiger partial charge in [0.1, 0.15) is 16.4 Å². The van der Waals surface area contributed by atoms with Gasteiger partial charge in [-0.1, -0.05) is 0 Å². The topological polar surface area (TPSA) is 97.6 Å². The highest BCUT2D eigenvalue weighted by Gasteiger charge is 2.36. The van der Waals surface area contributed by atoms with Crippen LogP contribution in [0.15, 0.2) is 35.6 Å². The van der Waals surface area contributed by atoms with Crippen LogP contribution in [0.25, 0.3) is 0 Å². The number of ether oxygens (including phenoxy) is 1. The van der Waals surface area contributed by atoms with E-state index >= 15 is 0 Å². The Morgan fingerprint density at radius 3 is 2.70 bits per heavy atom. The number of sulfonamides is 1. The van der Waals surface area contributed by atoms with E-state index in [1.54, 1.807) is 24.1 Å². The maximum absolute atomic E-state index is 13.0. The molecule has 2 aromatic heterocycles. The van der Waals surface area contributed by atoms with Gasteiger partial charge in [0.2, 0.25) is 10.0 Å². The summed E-state index contributed by atoms with van der Waals surface area (Å²) in [6.07, 6.45) is 4.60. The highest BCUT2D eigenvalue weighted by molar-refractivity contribution is 7.89. The van der Waals surface area contributed by atoms with Gasteiger partial charge in [-0.15, -0.1) is 0 Å². The average molecular weight is 391 g/mol. The molecule has 0 N–H and O–H groups in total. The van der Waals surface area contributed by atoms with Gasteiger partial charge in [-0.05, 0) is 19.1 Å². The number of nitrogens with zero attached hydrogens (tertiary/aromatic N) is 5. The lowest BCUT2D eigenvalue weighted by Gasteiger charge is -2.32. The summed E-state index contributed by atoms with van der Waals surface area (Å²) < 4.78 is 34.5. The minimum Gasteiger partial charge on any atom is -0.378 e. The van der Waals surface area contributed by atoms with Gasteiger partial charge in [0.05, 0.1) is 19.3 Å². The largest absolute Gasteiger partial charge is 0.378 e. The average Bonchev–Trinajstić information content (AvgIpc) is 3.14. The monoisotopic (exact) mass is 391 g/mol. The Balaban J connectivity index is 1.60. The molecule has 0 saturated carbocycles. The summed E-state index contributed by atoms with van der Waals surface area (Å²) >= 11 is 0. The molecule has 1 saturated heterocycles. The number of pyridine rings is 1. The number of carbonyl (C=O) groups excluding carboxylic acids is 1. The van der Waals surface area contributed by atoms with Gasteiger partial charge < -0.3 is 14.2 Å². The summed E-state index contributed by atoms with van der Waals surface area (Å²) in [6.45, 7) is 4.67. The molecule has 2 aromatic rings. The van der Waals surface area contributed by atoms with Crippen LogP contribution < -0.4 is 0 Å². The lowest BCUT2D eigenvalue weighted by atomic mass is 10.2. The Hall–Kier alpha value is -2.30. The van der Waals surface area contributed by atoms with Gasteiger partial charge in [-0.2, -0.15) is 4.31 Å². The van der Waals surface area contributed by atoms with Crippen molar-refractivity contribution in [1.29, 1.82) is 0 Å². The van der Waals surface area contributed by atoms with Crippen molar-refractivity contribution < 1.29 is 17.9 Å². The molecule has 4 rings (SSSR count). The van der Waals surface area contributed by atoms with Crippen LogP contribution in [-0.4, -0.2) is 70.9 Å². The molecule has 0 unspecified atom stereocenters. The summed E-state index contributed by atoms with van der Waals surface area (Å²) in [5.41, 5.74) is 0.347. The fourth-order valence-electron chi connectivity index (χ4n) is 3.47. The van der Waals surface area contributed by atoms with Crippen LogP contribution in [0.3, 0.4) is 0 Å². The molecule has 10 heteroatoms. The SMILES string of the molecule is C[C@H]1c2nc(C(=O)N3CCOCC3)cn2CCN1S(=O)(=O)c1cccnc1. The Bertz CT molecular complexity index is 937. The van der Waals surface area contributed by atoms with E-state index in [2.05, 4.69) is 9.97 Å². The second kappa shape index (κ2) is 7.02. The molecule has 144 valence electrons. The lowest BCUT2D eigenvalue weighted by molar-refractivity contribution is 0.0299. The lowest BCUT2D eigenvalue weighted by Crippen LogP contribution is -2.41. The van der Waals surface area contributed by atoms with E-state index in [4.69, 9.17) is 4.74 Å². The first kappa shape index (κ1) is 18.1. The Morgan fingerprint density at radius 2 is 2.00 bits per heavy atom. The number of fused-ring (bicyclic) bond motifs is 1. The zero-order chi connectivity index (χ0) is 19.0. The first-order chi connectivity index (χ1) is 13.0. The Labute approximate surface area is 157 Å². The van der Waals surface area contributed by atoms with E-state index < -0.39 is 16.1 Å². The van der Waals surface area contributed by atoms with E-state index in [0.29, 0.717) is 50.9 Å². The number of imidazole rings is 1. The maximum atomic E-state index is 13.0. The zero-order valence-electron chi connectivity index (χ0n) is 15.0. The van der Waals surface area contributed by atoms with Gasteiger partial charge in [-0.3, -0.25) is 9.78 Å². The van der Waals surface area contributed by atoms with E-state index in [9.17, 15) is 13.2 Å². The van der Waals surface area contributed by atoms with Crippen molar-refractivity contribution in [2.45, 2.75) is 24.4 Å². The molecule has 1 fully saturated rings.